The van der Waals surface area contributed by atoms with Gasteiger partial charge in [-0.3, -0.25) is 4.79 Å². The van der Waals surface area contributed by atoms with Gasteiger partial charge in [0.25, 0.3) is 0 Å². The van der Waals surface area contributed by atoms with Gasteiger partial charge in [-0.15, -0.1) is 0 Å². The molecule has 25 heavy (non-hydrogen) atoms. The van der Waals surface area contributed by atoms with E-state index in [0.29, 0.717) is 11.7 Å². The van der Waals surface area contributed by atoms with Crippen LogP contribution in [0.4, 0.5) is 0 Å². The second-order valence-electron chi connectivity index (χ2n) is 8.55. The van der Waals surface area contributed by atoms with Crippen LogP contribution in [-0.2, 0) is 4.79 Å². The summed E-state index contributed by atoms with van der Waals surface area (Å²) in [6.45, 7) is 9.69. The molecule has 2 aliphatic carbocycles. The molecule has 136 valence electrons. The highest BCUT2D eigenvalue weighted by Gasteiger charge is 2.63. The number of ketones is 1. The van der Waals surface area contributed by atoms with Crippen molar-refractivity contribution in [1.82, 2.24) is 0 Å². The highest BCUT2D eigenvalue weighted by Crippen LogP contribution is 2.65. The molecule has 2 fully saturated rings. The monoisotopic (exact) mass is 340 g/mol. The topological polar surface area (TPSA) is 26.3 Å². The Hall–Kier alpha value is -1.57. The molecule has 2 heteroatoms. The summed E-state index contributed by atoms with van der Waals surface area (Å²) in [5, 5.41) is 0. The molecule has 2 saturated carbocycles. The molecule has 0 spiro atoms. The van der Waals surface area contributed by atoms with Crippen molar-refractivity contribution in [1.29, 1.82) is 0 Å². The molecule has 2 aliphatic rings. The third-order valence-electron chi connectivity index (χ3n) is 6.83. The summed E-state index contributed by atoms with van der Waals surface area (Å²) in [5.74, 6) is 1.69. The Labute approximate surface area is 152 Å². The number of benzene rings is 1. The maximum Gasteiger partial charge on any atom is 0.165 e. The zero-order valence-electron chi connectivity index (χ0n) is 16.2. The molecular weight excluding hydrogens is 308 g/mol. The van der Waals surface area contributed by atoms with Crippen LogP contribution in [-0.4, -0.2) is 12.4 Å². The molecule has 2 nitrogen and oxygen atoms in total. The van der Waals surface area contributed by atoms with E-state index in [4.69, 9.17) is 4.74 Å². The molecule has 2 atom stereocenters. The third-order valence-corrected chi connectivity index (χ3v) is 6.83. The van der Waals surface area contributed by atoms with E-state index in [9.17, 15) is 4.79 Å². The van der Waals surface area contributed by atoms with Crippen molar-refractivity contribution in [3.05, 3.63) is 35.4 Å². The van der Waals surface area contributed by atoms with Crippen molar-refractivity contribution < 1.29 is 9.53 Å². The zero-order chi connectivity index (χ0) is 18.1. The molecule has 0 aliphatic heterocycles. The van der Waals surface area contributed by atoms with Gasteiger partial charge in [0.1, 0.15) is 5.75 Å². The number of allylic oxidation sites excluding steroid dienone is 1. The van der Waals surface area contributed by atoms with E-state index in [1.54, 1.807) is 0 Å². The van der Waals surface area contributed by atoms with Crippen molar-refractivity contribution >= 4 is 11.9 Å². The van der Waals surface area contributed by atoms with E-state index in [0.717, 1.165) is 42.8 Å². The summed E-state index contributed by atoms with van der Waals surface area (Å²) >= 11 is 0. The highest BCUT2D eigenvalue weighted by atomic mass is 16.5. The Morgan fingerprint density at radius 3 is 2.44 bits per heavy atom. The molecule has 0 amide bonds. The van der Waals surface area contributed by atoms with E-state index >= 15 is 0 Å². The molecule has 2 unspecified atom stereocenters. The van der Waals surface area contributed by atoms with E-state index in [-0.39, 0.29) is 10.8 Å². The Bertz CT molecular complexity index is 653. The maximum absolute atomic E-state index is 12.9. The number of fused-ring (bicyclic) bond motifs is 2. The van der Waals surface area contributed by atoms with Crippen LogP contribution >= 0.6 is 0 Å². The van der Waals surface area contributed by atoms with Gasteiger partial charge < -0.3 is 4.74 Å². The molecular formula is C23H32O2. The molecule has 0 radical (unpaired) electrons. The van der Waals surface area contributed by atoms with Crippen LogP contribution in [0.2, 0.25) is 0 Å². The number of hydrogen-bond acceptors (Lipinski definition) is 2. The van der Waals surface area contributed by atoms with Crippen molar-refractivity contribution in [3.63, 3.8) is 0 Å². The third kappa shape index (κ3) is 3.16. The fourth-order valence-corrected chi connectivity index (χ4v) is 4.65. The van der Waals surface area contributed by atoms with Crippen LogP contribution in [0.15, 0.2) is 29.8 Å². The molecule has 0 aromatic heterocycles. The van der Waals surface area contributed by atoms with Crippen LogP contribution in [0, 0.1) is 16.7 Å². The Kier molecular flexibility index (Phi) is 5.09. The van der Waals surface area contributed by atoms with Gasteiger partial charge in [0.15, 0.2) is 5.78 Å². The summed E-state index contributed by atoms with van der Waals surface area (Å²) in [5.41, 5.74) is 2.04. The second kappa shape index (κ2) is 6.97. The summed E-state index contributed by atoms with van der Waals surface area (Å²) in [7, 11) is 0. The summed E-state index contributed by atoms with van der Waals surface area (Å²) < 4.78 is 5.81. The number of Topliss-reactive ketones (excluding diaryl/α,β-unsaturated/α-hetero) is 1. The highest BCUT2D eigenvalue weighted by molar-refractivity contribution is 6.07. The molecule has 0 saturated heterocycles. The first-order valence-corrected chi connectivity index (χ1v) is 9.89. The maximum atomic E-state index is 12.9. The molecule has 0 N–H and O–H groups in total. The van der Waals surface area contributed by atoms with Crippen molar-refractivity contribution in [2.75, 3.05) is 6.61 Å². The molecule has 1 aromatic carbocycles. The van der Waals surface area contributed by atoms with Gasteiger partial charge in [0.05, 0.1) is 6.61 Å². The average Bonchev–Trinajstić information content (AvgIpc) is 2.90. The fourth-order valence-electron chi connectivity index (χ4n) is 4.65. The molecule has 0 heterocycles. The molecule has 2 bridgehead atoms. The number of hydrogen-bond donors (Lipinski definition) is 0. The van der Waals surface area contributed by atoms with Gasteiger partial charge in [-0.25, -0.2) is 0 Å². The Morgan fingerprint density at radius 1 is 1.12 bits per heavy atom. The van der Waals surface area contributed by atoms with Gasteiger partial charge >= 0.3 is 0 Å². The Balaban J connectivity index is 1.66. The average molecular weight is 341 g/mol. The largest absolute Gasteiger partial charge is 0.494 e. The van der Waals surface area contributed by atoms with Crippen molar-refractivity contribution in [2.45, 2.75) is 66.2 Å². The fraction of sp³-hybridized carbons (Fsp3) is 0.609. The standard InChI is InChI=1S/C23H32O2/c1-5-6-7-8-15-25-18-11-9-17(10-12-18)16-19-20-13-14-23(4,21(19)24)22(20,2)3/h9-12,16,20H,5-8,13-15H2,1-4H3. The van der Waals surface area contributed by atoms with Crippen LogP contribution < -0.4 is 4.74 Å². The number of carbonyl (C=O) groups is 1. The number of carbonyl (C=O) groups excluding carboxylic acids is 1. The number of ether oxygens (including phenoxy) is 1. The number of unbranched alkanes of at least 4 members (excludes halogenated alkanes) is 3. The minimum atomic E-state index is -0.176. The first kappa shape index (κ1) is 18.2. The predicted molar refractivity (Wildman–Crippen MR) is 104 cm³/mol. The lowest BCUT2D eigenvalue weighted by molar-refractivity contribution is -0.125. The SMILES string of the molecule is CCCCCCOc1ccc(C=C2C(=O)C3(C)CCC2C3(C)C)cc1. The van der Waals surface area contributed by atoms with E-state index in [2.05, 4.69) is 45.9 Å². The number of rotatable bonds is 7. The lowest BCUT2D eigenvalue weighted by Crippen LogP contribution is -2.32. The lowest BCUT2D eigenvalue weighted by Gasteiger charge is -2.31. The predicted octanol–water partition coefficient (Wildman–Crippen LogP) is 6.05. The Morgan fingerprint density at radius 2 is 1.84 bits per heavy atom. The first-order chi connectivity index (χ1) is 11.9. The second-order valence-corrected chi connectivity index (χ2v) is 8.55. The van der Waals surface area contributed by atoms with E-state index in [1.807, 2.05) is 12.1 Å². The van der Waals surface area contributed by atoms with E-state index in [1.165, 1.54) is 19.3 Å². The minimum absolute atomic E-state index is 0.0808. The van der Waals surface area contributed by atoms with Crippen LogP contribution in [0.5, 0.6) is 5.75 Å². The summed E-state index contributed by atoms with van der Waals surface area (Å²) in [6.07, 6.45) is 9.16. The van der Waals surface area contributed by atoms with Gasteiger partial charge in [-0.2, -0.15) is 0 Å². The minimum Gasteiger partial charge on any atom is -0.494 e. The van der Waals surface area contributed by atoms with Gasteiger partial charge in [-0.1, -0.05) is 59.1 Å². The zero-order valence-corrected chi connectivity index (χ0v) is 16.2. The van der Waals surface area contributed by atoms with Gasteiger partial charge in [0.2, 0.25) is 0 Å². The quantitative estimate of drug-likeness (QED) is 0.446. The van der Waals surface area contributed by atoms with Crippen molar-refractivity contribution in [2.24, 2.45) is 16.7 Å². The van der Waals surface area contributed by atoms with Crippen LogP contribution in [0.25, 0.3) is 6.08 Å². The van der Waals surface area contributed by atoms with Crippen molar-refractivity contribution in [3.8, 4) is 5.75 Å². The van der Waals surface area contributed by atoms with Gasteiger partial charge in [-0.05, 0) is 59.9 Å². The normalized spacial score (nSPS) is 28.7. The van der Waals surface area contributed by atoms with E-state index < -0.39 is 0 Å². The summed E-state index contributed by atoms with van der Waals surface area (Å²) in [6, 6.07) is 8.19. The molecule has 1 aromatic rings. The van der Waals surface area contributed by atoms with Gasteiger partial charge in [0, 0.05) is 5.41 Å². The van der Waals surface area contributed by atoms with Crippen LogP contribution in [0.3, 0.4) is 0 Å². The summed E-state index contributed by atoms with van der Waals surface area (Å²) in [4.78, 5) is 12.9. The first-order valence-electron chi connectivity index (χ1n) is 9.89. The molecule has 3 rings (SSSR count). The lowest BCUT2D eigenvalue weighted by atomic mass is 9.70. The smallest absolute Gasteiger partial charge is 0.165 e. The van der Waals surface area contributed by atoms with Crippen LogP contribution in [0.1, 0.15) is 71.8 Å².